The number of rotatable bonds is 2. The van der Waals surface area contributed by atoms with Crippen molar-refractivity contribution in [3.63, 3.8) is 0 Å². The summed E-state index contributed by atoms with van der Waals surface area (Å²) in [6, 6.07) is 1.97. The molecular weight excluding hydrogens is 182 g/mol. The molecule has 0 aliphatic rings. The first kappa shape index (κ1) is 12.4. The lowest BCUT2D eigenvalue weighted by molar-refractivity contribution is 0.151. The zero-order chi connectivity index (χ0) is 11.2. The van der Waals surface area contributed by atoms with Crippen LogP contribution in [0, 0.1) is 16.7 Å². The highest BCUT2D eigenvalue weighted by Gasteiger charge is 2.19. The van der Waals surface area contributed by atoms with Crippen molar-refractivity contribution >= 4 is 11.8 Å². The van der Waals surface area contributed by atoms with Gasteiger partial charge in [0.05, 0.1) is 18.2 Å². The number of nitrogens with one attached hydrogen (secondary N) is 1. The molecule has 0 aromatic rings. The lowest BCUT2D eigenvalue weighted by Gasteiger charge is -2.17. The van der Waals surface area contributed by atoms with Gasteiger partial charge in [0, 0.05) is 12.5 Å². The third kappa shape index (κ3) is 4.45. The average Bonchev–Trinajstić information content (AvgIpc) is 2.09. The number of hydrogen-bond donors (Lipinski definition) is 1. The van der Waals surface area contributed by atoms with Crippen LogP contribution in [0.5, 0.6) is 0 Å². The first-order chi connectivity index (χ1) is 6.41. The van der Waals surface area contributed by atoms with Crippen LogP contribution in [0.25, 0.3) is 0 Å². The van der Waals surface area contributed by atoms with E-state index in [1.165, 1.54) is 7.05 Å². The minimum atomic E-state index is -0.635. The van der Waals surface area contributed by atoms with Gasteiger partial charge in [-0.1, -0.05) is 25.9 Å². The van der Waals surface area contributed by atoms with E-state index in [1.807, 2.05) is 26.8 Å². The van der Waals surface area contributed by atoms with E-state index >= 15 is 0 Å². The Morgan fingerprint density at radius 3 is 2.50 bits per heavy atom. The van der Waals surface area contributed by atoms with Crippen LogP contribution in [0.15, 0.2) is 5.16 Å². The number of oxime groups is 1. The van der Waals surface area contributed by atoms with Crippen LogP contribution >= 0.6 is 0 Å². The second-order valence-electron chi connectivity index (χ2n) is 3.75. The molecule has 1 N–H and O–H groups in total. The molecule has 0 radical (unpaired) electrons. The molecule has 0 aliphatic carbocycles. The van der Waals surface area contributed by atoms with Crippen molar-refractivity contribution in [2.45, 2.75) is 27.2 Å². The van der Waals surface area contributed by atoms with E-state index in [1.54, 1.807) is 0 Å². The van der Waals surface area contributed by atoms with E-state index in [2.05, 4.69) is 15.3 Å². The Labute approximate surface area is 83.7 Å². The second-order valence-corrected chi connectivity index (χ2v) is 3.75. The fourth-order valence-electron chi connectivity index (χ4n) is 0.651. The highest BCUT2D eigenvalue weighted by molar-refractivity contribution is 5.90. The highest BCUT2D eigenvalue weighted by atomic mass is 16.7. The third-order valence-electron chi connectivity index (χ3n) is 1.56. The Morgan fingerprint density at radius 1 is 1.57 bits per heavy atom. The van der Waals surface area contributed by atoms with Crippen LogP contribution in [0.4, 0.5) is 4.79 Å². The van der Waals surface area contributed by atoms with Crippen LogP contribution in [0.1, 0.15) is 27.2 Å². The summed E-state index contributed by atoms with van der Waals surface area (Å²) in [4.78, 5) is 15.2. The second kappa shape index (κ2) is 5.22. The Morgan fingerprint density at radius 2 is 2.14 bits per heavy atom. The minimum absolute atomic E-state index is 0.153. The van der Waals surface area contributed by atoms with Crippen molar-refractivity contribution < 1.29 is 9.63 Å². The van der Waals surface area contributed by atoms with Gasteiger partial charge in [-0.05, 0) is 0 Å². The number of nitriles is 1. The third-order valence-corrected chi connectivity index (χ3v) is 1.56. The van der Waals surface area contributed by atoms with Crippen molar-refractivity contribution in [1.29, 1.82) is 5.26 Å². The summed E-state index contributed by atoms with van der Waals surface area (Å²) in [5, 5.41) is 14.4. The van der Waals surface area contributed by atoms with E-state index in [0.717, 1.165) is 0 Å². The summed E-state index contributed by atoms with van der Waals surface area (Å²) in [5.74, 6) is 0. The number of hydrogen-bond acceptors (Lipinski definition) is 4. The van der Waals surface area contributed by atoms with Gasteiger partial charge in [0.1, 0.15) is 0 Å². The monoisotopic (exact) mass is 197 g/mol. The Hall–Kier alpha value is -1.57. The van der Waals surface area contributed by atoms with E-state index < -0.39 is 6.09 Å². The lowest BCUT2D eigenvalue weighted by Crippen LogP contribution is -2.23. The van der Waals surface area contributed by atoms with Crippen LogP contribution in [-0.2, 0) is 4.84 Å². The van der Waals surface area contributed by atoms with Crippen molar-refractivity contribution in [3.8, 4) is 6.07 Å². The van der Waals surface area contributed by atoms with Gasteiger partial charge < -0.3 is 5.32 Å². The Bertz CT molecular complexity index is 271. The van der Waals surface area contributed by atoms with E-state index in [4.69, 9.17) is 5.26 Å². The number of amides is 1. The SMILES string of the molecule is CNC(=O)ON=C(CC#N)C(C)(C)C. The molecule has 0 bridgehead atoms. The smallest absolute Gasteiger partial charge is 0.323 e. The quantitative estimate of drug-likeness (QED) is 0.415. The fraction of sp³-hybridized carbons (Fsp3) is 0.667. The molecule has 0 saturated heterocycles. The van der Waals surface area contributed by atoms with Crippen LogP contribution in [-0.4, -0.2) is 18.9 Å². The number of carbonyl (C=O) groups excluding carboxylic acids is 1. The number of carbonyl (C=O) groups is 1. The molecule has 0 fully saturated rings. The molecule has 0 heterocycles. The summed E-state index contributed by atoms with van der Waals surface area (Å²) < 4.78 is 0. The van der Waals surface area contributed by atoms with Crippen molar-refractivity contribution in [2.75, 3.05) is 7.05 Å². The Balaban J connectivity index is 4.51. The largest absolute Gasteiger partial charge is 0.433 e. The van der Waals surface area contributed by atoms with Gasteiger partial charge in [0.15, 0.2) is 0 Å². The van der Waals surface area contributed by atoms with Gasteiger partial charge in [-0.25, -0.2) is 4.79 Å². The molecule has 14 heavy (non-hydrogen) atoms. The summed E-state index contributed by atoms with van der Waals surface area (Å²) in [6.45, 7) is 5.70. The van der Waals surface area contributed by atoms with Gasteiger partial charge in [-0.15, -0.1) is 0 Å². The van der Waals surface area contributed by atoms with Gasteiger partial charge in [-0.3, -0.25) is 4.84 Å². The topological polar surface area (TPSA) is 74.5 Å². The fourth-order valence-corrected chi connectivity index (χ4v) is 0.651. The summed E-state index contributed by atoms with van der Waals surface area (Å²) in [6.07, 6.45) is -0.481. The molecule has 78 valence electrons. The highest BCUT2D eigenvalue weighted by Crippen LogP contribution is 2.18. The van der Waals surface area contributed by atoms with Gasteiger partial charge in [-0.2, -0.15) is 5.26 Å². The zero-order valence-corrected chi connectivity index (χ0v) is 8.92. The molecule has 0 aromatic heterocycles. The Kier molecular flexibility index (Phi) is 4.64. The molecule has 0 unspecified atom stereocenters. The molecule has 0 aromatic carbocycles. The maximum absolute atomic E-state index is 10.7. The van der Waals surface area contributed by atoms with Crippen molar-refractivity contribution in [2.24, 2.45) is 10.6 Å². The normalized spacial score (nSPS) is 11.8. The maximum Gasteiger partial charge on any atom is 0.433 e. The van der Waals surface area contributed by atoms with Gasteiger partial charge in [0.25, 0.3) is 0 Å². The van der Waals surface area contributed by atoms with Crippen LogP contribution < -0.4 is 5.32 Å². The average molecular weight is 197 g/mol. The molecule has 0 atom stereocenters. The van der Waals surface area contributed by atoms with Gasteiger partial charge >= 0.3 is 6.09 Å². The molecule has 0 aliphatic heterocycles. The van der Waals surface area contributed by atoms with E-state index in [9.17, 15) is 4.79 Å². The van der Waals surface area contributed by atoms with Crippen LogP contribution in [0.2, 0.25) is 0 Å². The molecular formula is C9H15N3O2. The number of nitrogens with zero attached hydrogens (tertiary/aromatic N) is 2. The predicted molar refractivity (Wildman–Crippen MR) is 52.7 cm³/mol. The van der Waals surface area contributed by atoms with Crippen LogP contribution in [0.3, 0.4) is 0 Å². The summed E-state index contributed by atoms with van der Waals surface area (Å²) in [7, 11) is 1.44. The van der Waals surface area contributed by atoms with Gasteiger partial charge in [0.2, 0.25) is 0 Å². The standard InChI is InChI=1S/C9H15N3O2/c1-9(2,3)7(5-6-10)12-14-8(13)11-4/h5H2,1-4H3,(H,11,13). The van der Waals surface area contributed by atoms with Crippen molar-refractivity contribution in [1.82, 2.24) is 5.32 Å². The molecule has 0 rings (SSSR count). The molecule has 0 saturated carbocycles. The lowest BCUT2D eigenvalue weighted by atomic mass is 9.88. The zero-order valence-electron chi connectivity index (χ0n) is 8.92. The molecule has 1 amide bonds. The minimum Gasteiger partial charge on any atom is -0.323 e. The predicted octanol–water partition coefficient (Wildman–Crippen LogP) is 1.66. The summed E-state index contributed by atoms with van der Waals surface area (Å²) in [5.41, 5.74) is 0.271. The first-order valence-electron chi connectivity index (χ1n) is 4.25. The maximum atomic E-state index is 10.7. The molecule has 0 spiro atoms. The molecule has 5 heteroatoms. The van der Waals surface area contributed by atoms with E-state index in [-0.39, 0.29) is 11.8 Å². The summed E-state index contributed by atoms with van der Waals surface area (Å²) >= 11 is 0. The molecule has 5 nitrogen and oxygen atoms in total. The van der Waals surface area contributed by atoms with E-state index in [0.29, 0.717) is 5.71 Å². The van der Waals surface area contributed by atoms with Crippen molar-refractivity contribution in [3.05, 3.63) is 0 Å². The first-order valence-corrected chi connectivity index (χ1v) is 4.25.